The molecule has 3 heteroatoms. The SMILES string of the molecule is CCCN(CC#N)Cc1cccnc1. The van der Waals surface area contributed by atoms with E-state index in [0.29, 0.717) is 6.54 Å². The highest BCUT2D eigenvalue weighted by Gasteiger charge is 2.03. The van der Waals surface area contributed by atoms with E-state index >= 15 is 0 Å². The summed E-state index contributed by atoms with van der Waals surface area (Å²) in [5.41, 5.74) is 1.16. The maximum Gasteiger partial charge on any atom is 0.0868 e. The zero-order valence-electron chi connectivity index (χ0n) is 8.48. The Labute approximate surface area is 85.0 Å². The maximum absolute atomic E-state index is 8.63. The summed E-state index contributed by atoms with van der Waals surface area (Å²) in [7, 11) is 0. The molecule has 0 saturated heterocycles. The van der Waals surface area contributed by atoms with E-state index in [1.165, 1.54) is 0 Å². The summed E-state index contributed by atoms with van der Waals surface area (Å²) in [6.07, 6.45) is 4.68. The number of hydrogen-bond donors (Lipinski definition) is 0. The van der Waals surface area contributed by atoms with Crippen LogP contribution >= 0.6 is 0 Å². The standard InChI is InChI=1S/C11H15N3/c1-2-7-14(8-5-12)10-11-4-3-6-13-9-11/h3-4,6,9H,2,7-8,10H2,1H3. The van der Waals surface area contributed by atoms with Crippen LogP contribution in [0.15, 0.2) is 24.5 Å². The molecule has 0 spiro atoms. The Kier molecular flexibility index (Phi) is 4.66. The Morgan fingerprint density at radius 2 is 2.43 bits per heavy atom. The van der Waals surface area contributed by atoms with Crippen molar-refractivity contribution in [2.24, 2.45) is 0 Å². The molecular weight excluding hydrogens is 174 g/mol. The van der Waals surface area contributed by atoms with Gasteiger partial charge in [-0.2, -0.15) is 5.26 Å². The third-order valence-electron chi connectivity index (χ3n) is 1.96. The van der Waals surface area contributed by atoms with Crippen LogP contribution in [0.2, 0.25) is 0 Å². The maximum atomic E-state index is 8.63. The molecular formula is C11H15N3. The van der Waals surface area contributed by atoms with Crippen LogP contribution in [0, 0.1) is 11.3 Å². The van der Waals surface area contributed by atoms with Gasteiger partial charge in [0, 0.05) is 18.9 Å². The zero-order chi connectivity index (χ0) is 10.2. The molecule has 0 fully saturated rings. The van der Waals surface area contributed by atoms with Crippen LogP contribution in [0.25, 0.3) is 0 Å². The smallest absolute Gasteiger partial charge is 0.0868 e. The van der Waals surface area contributed by atoms with E-state index in [0.717, 1.165) is 25.1 Å². The minimum absolute atomic E-state index is 0.489. The second-order valence-corrected chi connectivity index (χ2v) is 3.23. The first-order chi connectivity index (χ1) is 6.86. The van der Waals surface area contributed by atoms with E-state index < -0.39 is 0 Å². The van der Waals surface area contributed by atoms with Crippen LogP contribution in [-0.2, 0) is 6.54 Å². The fourth-order valence-electron chi connectivity index (χ4n) is 1.38. The van der Waals surface area contributed by atoms with Gasteiger partial charge in [-0.1, -0.05) is 13.0 Å². The van der Waals surface area contributed by atoms with Gasteiger partial charge in [0.1, 0.15) is 0 Å². The van der Waals surface area contributed by atoms with E-state index in [1.54, 1.807) is 6.20 Å². The molecule has 1 rings (SSSR count). The van der Waals surface area contributed by atoms with E-state index in [4.69, 9.17) is 5.26 Å². The number of pyridine rings is 1. The quantitative estimate of drug-likeness (QED) is 0.663. The number of aromatic nitrogens is 1. The van der Waals surface area contributed by atoms with Crippen LogP contribution in [0.5, 0.6) is 0 Å². The molecule has 1 heterocycles. The Hall–Kier alpha value is -1.40. The van der Waals surface area contributed by atoms with Gasteiger partial charge in [-0.25, -0.2) is 0 Å². The number of hydrogen-bond acceptors (Lipinski definition) is 3. The first-order valence-corrected chi connectivity index (χ1v) is 4.85. The average molecular weight is 189 g/mol. The lowest BCUT2D eigenvalue weighted by Crippen LogP contribution is -2.24. The van der Waals surface area contributed by atoms with E-state index in [-0.39, 0.29) is 0 Å². The first-order valence-electron chi connectivity index (χ1n) is 4.85. The fraction of sp³-hybridized carbons (Fsp3) is 0.455. The highest BCUT2D eigenvalue weighted by Crippen LogP contribution is 2.02. The van der Waals surface area contributed by atoms with Crippen LogP contribution < -0.4 is 0 Å². The van der Waals surface area contributed by atoms with E-state index in [9.17, 15) is 0 Å². The van der Waals surface area contributed by atoms with Gasteiger partial charge >= 0.3 is 0 Å². The summed E-state index contributed by atoms with van der Waals surface area (Å²) in [5, 5.41) is 8.63. The van der Waals surface area contributed by atoms with Crippen LogP contribution in [0.4, 0.5) is 0 Å². The highest BCUT2D eigenvalue weighted by atomic mass is 15.1. The summed E-state index contributed by atoms with van der Waals surface area (Å²) >= 11 is 0. The van der Waals surface area contributed by atoms with Crippen molar-refractivity contribution in [1.29, 1.82) is 5.26 Å². The van der Waals surface area contributed by atoms with Crippen molar-refractivity contribution in [3.05, 3.63) is 30.1 Å². The molecule has 0 amide bonds. The molecule has 0 atom stereocenters. The average Bonchev–Trinajstić information content (AvgIpc) is 2.20. The second-order valence-electron chi connectivity index (χ2n) is 3.23. The monoisotopic (exact) mass is 189 g/mol. The lowest BCUT2D eigenvalue weighted by Gasteiger charge is -2.17. The summed E-state index contributed by atoms with van der Waals surface area (Å²) in [6, 6.07) is 6.14. The molecule has 0 saturated carbocycles. The predicted molar refractivity (Wildman–Crippen MR) is 55.4 cm³/mol. The summed E-state index contributed by atoms with van der Waals surface area (Å²) in [4.78, 5) is 6.17. The van der Waals surface area contributed by atoms with Crippen molar-refractivity contribution >= 4 is 0 Å². The van der Waals surface area contributed by atoms with E-state index in [2.05, 4.69) is 22.9 Å². The largest absolute Gasteiger partial charge is 0.286 e. The topological polar surface area (TPSA) is 39.9 Å². The van der Waals surface area contributed by atoms with Gasteiger partial charge in [0.15, 0.2) is 0 Å². The van der Waals surface area contributed by atoms with Crippen molar-refractivity contribution in [2.45, 2.75) is 19.9 Å². The van der Waals surface area contributed by atoms with Crippen molar-refractivity contribution in [3.8, 4) is 6.07 Å². The molecule has 1 aromatic rings. The van der Waals surface area contributed by atoms with Crippen LogP contribution in [-0.4, -0.2) is 23.0 Å². The van der Waals surface area contributed by atoms with E-state index in [1.807, 2.05) is 18.3 Å². The first kappa shape index (κ1) is 10.7. The molecule has 0 aliphatic carbocycles. The van der Waals surface area contributed by atoms with Crippen molar-refractivity contribution in [2.75, 3.05) is 13.1 Å². The third kappa shape index (κ3) is 3.55. The lowest BCUT2D eigenvalue weighted by molar-refractivity contribution is 0.298. The van der Waals surface area contributed by atoms with Crippen LogP contribution in [0.1, 0.15) is 18.9 Å². The Bertz CT molecular complexity index is 289. The number of nitrogens with zero attached hydrogens (tertiary/aromatic N) is 3. The van der Waals surface area contributed by atoms with Gasteiger partial charge in [-0.3, -0.25) is 9.88 Å². The minimum atomic E-state index is 0.489. The fourth-order valence-corrected chi connectivity index (χ4v) is 1.38. The van der Waals surface area contributed by atoms with Crippen molar-refractivity contribution in [1.82, 2.24) is 9.88 Å². The Balaban J connectivity index is 2.52. The summed E-state index contributed by atoms with van der Waals surface area (Å²) in [6.45, 7) is 4.38. The molecule has 3 nitrogen and oxygen atoms in total. The van der Waals surface area contributed by atoms with Gasteiger partial charge in [-0.05, 0) is 24.6 Å². The molecule has 0 aliphatic heterocycles. The third-order valence-corrected chi connectivity index (χ3v) is 1.96. The molecule has 0 N–H and O–H groups in total. The normalized spacial score (nSPS) is 10.1. The molecule has 14 heavy (non-hydrogen) atoms. The second kappa shape index (κ2) is 6.11. The van der Waals surface area contributed by atoms with Crippen molar-refractivity contribution in [3.63, 3.8) is 0 Å². The summed E-state index contributed by atoms with van der Waals surface area (Å²) in [5.74, 6) is 0. The molecule has 74 valence electrons. The molecule has 0 unspecified atom stereocenters. The Morgan fingerprint density at radius 3 is 3.00 bits per heavy atom. The molecule has 0 bridgehead atoms. The molecule has 0 radical (unpaired) electrons. The van der Waals surface area contributed by atoms with Crippen molar-refractivity contribution < 1.29 is 0 Å². The zero-order valence-corrected chi connectivity index (χ0v) is 8.48. The minimum Gasteiger partial charge on any atom is -0.286 e. The molecule has 1 aromatic heterocycles. The van der Waals surface area contributed by atoms with Gasteiger partial charge in [0.25, 0.3) is 0 Å². The predicted octanol–water partition coefficient (Wildman–Crippen LogP) is 1.82. The van der Waals surface area contributed by atoms with Gasteiger partial charge in [0.05, 0.1) is 12.6 Å². The summed E-state index contributed by atoms with van der Waals surface area (Å²) < 4.78 is 0. The lowest BCUT2D eigenvalue weighted by atomic mass is 10.2. The molecule has 0 aromatic carbocycles. The highest BCUT2D eigenvalue weighted by molar-refractivity contribution is 5.08. The van der Waals surface area contributed by atoms with Gasteiger partial charge < -0.3 is 0 Å². The van der Waals surface area contributed by atoms with Gasteiger partial charge in [-0.15, -0.1) is 0 Å². The van der Waals surface area contributed by atoms with Gasteiger partial charge in [0.2, 0.25) is 0 Å². The number of rotatable bonds is 5. The Morgan fingerprint density at radius 1 is 1.57 bits per heavy atom. The van der Waals surface area contributed by atoms with Crippen LogP contribution in [0.3, 0.4) is 0 Å². The number of nitriles is 1. The molecule has 0 aliphatic rings.